The second kappa shape index (κ2) is 27.7. The fraction of sp³-hybridized carbons (Fsp3) is 0.636. The third-order valence-corrected chi connectivity index (χ3v) is 11.2. The number of aliphatic hydroxyl groups is 2. The molecular formula is C44H69Br2N11O9. The molecule has 5 rings (SSSR count). The van der Waals surface area contributed by atoms with Gasteiger partial charge in [0.1, 0.15) is 17.4 Å². The average Bonchev–Trinajstić information content (AvgIpc) is 3.58. The van der Waals surface area contributed by atoms with Gasteiger partial charge in [0.05, 0.1) is 17.5 Å². The number of carbonyl (C=O) groups excluding carboxylic acids is 6. The highest BCUT2D eigenvalue weighted by Gasteiger charge is 2.36. The minimum Gasteiger partial charge on any atom is -0.390 e. The fourth-order valence-electron chi connectivity index (χ4n) is 7.12. The van der Waals surface area contributed by atoms with Gasteiger partial charge in [-0.05, 0) is 76.9 Å². The number of aromatic nitrogens is 2. The number of carbonyl (C=O) groups is 6. The lowest BCUT2D eigenvalue weighted by molar-refractivity contribution is -0.195. The van der Waals surface area contributed by atoms with Crippen LogP contribution in [0.25, 0.3) is 0 Å². The van der Waals surface area contributed by atoms with E-state index in [1.165, 1.54) is 5.56 Å². The van der Waals surface area contributed by atoms with Crippen LogP contribution in [0.3, 0.4) is 0 Å². The van der Waals surface area contributed by atoms with Gasteiger partial charge in [-0.3, -0.25) is 53.5 Å². The number of nitrogens with zero attached hydrogens (tertiary/aromatic N) is 7. The first-order valence-electron chi connectivity index (χ1n) is 22.0. The van der Waals surface area contributed by atoms with E-state index in [2.05, 4.69) is 72.4 Å². The number of nitrogens with one attached hydrogen (secondary N) is 3. The number of piperazine rings is 2. The molecule has 5 heterocycles. The van der Waals surface area contributed by atoms with Crippen molar-refractivity contribution in [2.24, 2.45) is 5.73 Å². The molecule has 3 aliphatic rings. The van der Waals surface area contributed by atoms with Crippen molar-refractivity contribution in [1.82, 2.24) is 50.6 Å². The number of imide groups is 1. The molecule has 0 saturated carbocycles. The van der Waals surface area contributed by atoms with Gasteiger partial charge >= 0.3 is 5.97 Å². The molecular weight excluding hydrogens is 986 g/mol. The Morgan fingerprint density at radius 2 is 1.15 bits per heavy atom. The first kappa shape index (κ1) is 56.3. The molecule has 20 nitrogen and oxygen atoms in total. The van der Waals surface area contributed by atoms with E-state index >= 15 is 0 Å². The van der Waals surface area contributed by atoms with Crippen LogP contribution < -0.4 is 21.7 Å². The first-order chi connectivity index (χ1) is 31.1. The minimum absolute atomic E-state index is 0.00357. The summed E-state index contributed by atoms with van der Waals surface area (Å²) < 4.78 is 0. The summed E-state index contributed by atoms with van der Waals surface area (Å²) in [5, 5.41) is 29.7. The molecule has 0 aliphatic carbocycles. The van der Waals surface area contributed by atoms with Crippen molar-refractivity contribution in [2.45, 2.75) is 103 Å². The Morgan fingerprint density at radius 3 is 1.53 bits per heavy atom. The molecule has 0 bridgehead atoms. The molecule has 3 fully saturated rings. The van der Waals surface area contributed by atoms with Gasteiger partial charge in [0.15, 0.2) is 0 Å². The van der Waals surface area contributed by atoms with Gasteiger partial charge in [-0.15, -0.1) is 5.06 Å². The van der Waals surface area contributed by atoms with Crippen LogP contribution >= 0.6 is 31.9 Å². The number of aliphatic hydroxyl groups excluding tert-OH is 2. The topological polar surface area (TPSA) is 256 Å². The Kier molecular flexibility index (Phi) is 23.7. The van der Waals surface area contributed by atoms with Crippen molar-refractivity contribution >= 4 is 67.4 Å². The Balaban J connectivity index is 0.000000283. The van der Waals surface area contributed by atoms with Crippen LogP contribution in [0, 0.1) is 0 Å². The molecule has 0 aromatic carbocycles. The number of amides is 5. The van der Waals surface area contributed by atoms with E-state index in [-0.39, 0.29) is 77.5 Å². The van der Waals surface area contributed by atoms with Gasteiger partial charge in [0.2, 0.25) is 17.7 Å². The van der Waals surface area contributed by atoms with Gasteiger partial charge in [-0.1, -0.05) is 31.9 Å². The van der Waals surface area contributed by atoms with Crippen molar-refractivity contribution in [1.29, 1.82) is 0 Å². The summed E-state index contributed by atoms with van der Waals surface area (Å²) >= 11 is 5.93. The molecule has 22 heteroatoms. The van der Waals surface area contributed by atoms with Gasteiger partial charge < -0.3 is 36.7 Å². The molecule has 66 heavy (non-hydrogen) atoms. The quantitative estimate of drug-likeness (QED) is 0.0967. The molecule has 0 radical (unpaired) electrons. The molecule has 368 valence electrons. The molecule has 4 atom stereocenters. The number of hydrogen-bond acceptors (Lipinski definition) is 16. The van der Waals surface area contributed by atoms with Gasteiger partial charge in [0.25, 0.3) is 11.8 Å². The maximum Gasteiger partial charge on any atom is 0.343 e. The summed E-state index contributed by atoms with van der Waals surface area (Å²) in [4.78, 5) is 90.6. The lowest BCUT2D eigenvalue weighted by Gasteiger charge is -2.42. The number of halogens is 2. The van der Waals surface area contributed by atoms with Crippen LogP contribution in [0.2, 0.25) is 0 Å². The zero-order valence-corrected chi connectivity index (χ0v) is 42.1. The molecule has 3 saturated heterocycles. The predicted molar refractivity (Wildman–Crippen MR) is 254 cm³/mol. The highest BCUT2D eigenvalue weighted by molar-refractivity contribution is 9.09. The van der Waals surface area contributed by atoms with Crippen LogP contribution in [-0.2, 0) is 46.7 Å². The smallest absolute Gasteiger partial charge is 0.343 e. The van der Waals surface area contributed by atoms with E-state index in [1.807, 2.05) is 75.6 Å². The van der Waals surface area contributed by atoms with Crippen LogP contribution in [-0.4, -0.2) is 192 Å². The molecule has 2 aromatic rings. The van der Waals surface area contributed by atoms with Crippen LogP contribution in [0.4, 0.5) is 0 Å². The fourth-order valence-corrected chi connectivity index (χ4v) is 7.42. The van der Waals surface area contributed by atoms with E-state index < -0.39 is 30.0 Å². The number of alkyl halides is 2. The Labute approximate surface area is 404 Å². The summed E-state index contributed by atoms with van der Waals surface area (Å²) in [5.41, 5.74) is 7.26. The van der Waals surface area contributed by atoms with Crippen LogP contribution in [0.1, 0.15) is 65.5 Å². The van der Waals surface area contributed by atoms with Crippen molar-refractivity contribution in [3.05, 3.63) is 60.2 Å². The summed E-state index contributed by atoms with van der Waals surface area (Å²) in [6.07, 6.45) is 5.99. The highest BCUT2D eigenvalue weighted by Crippen LogP contribution is 2.18. The summed E-state index contributed by atoms with van der Waals surface area (Å²) in [6, 6.07) is 7.28. The van der Waals surface area contributed by atoms with E-state index in [0.29, 0.717) is 37.8 Å². The van der Waals surface area contributed by atoms with E-state index in [0.717, 1.165) is 38.3 Å². The lowest BCUT2D eigenvalue weighted by atomic mass is 10.1. The van der Waals surface area contributed by atoms with Crippen molar-refractivity contribution < 1.29 is 43.8 Å². The Morgan fingerprint density at radius 1 is 0.727 bits per heavy atom. The second-order valence-corrected chi connectivity index (χ2v) is 19.5. The van der Waals surface area contributed by atoms with E-state index in [1.54, 1.807) is 24.8 Å². The number of nitrogens with two attached hydrogens (primary N) is 1. The van der Waals surface area contributed by atoms with Gasteiger partial charge in [-0.2, -0.15) is 0 Å². The summed E-state index contributed by atoms with van der Waals surface area (Å²) in [6.45, 7) is 18.7. The molecule has 0 spiro atoms. The molecule has 3 aliphatic heterocycles. The number of rotatable bonds is 16. The van der Waals surface area contributed by atoms with E-state index in [9.17, 15) is 39.0 Å². The number of β-amino-alcohol motifs (C(OH)–C–C–N with tert-alkyl or cyclic N) is 2. The molecule has 5 amide bonds. The van der Waals surface area contributed by atoms with Gasteiger partial charge in [0, 0.05) is 127 Å². The monoisotopic (exact) mass is 1050 g/mol. The van der Waals surface area contributed by atoms with Crippen molar-refractivity contribution in [3.63, 3.8) is 0 Å². The number of hydrogen-bond donors (Lipinski definition) is 6. The lowest BCUT2D eigenvalue weighted by Crippen LogP contribution is -2.62. The Bertz CT molecular complexity index is 1840. The third kappa shape index (κ3) is 20.9. The zero-order chi connectivity index (χ0) is 49.0. The molecule has 2 unspecified atom stereocenters. The summed E-state index contributed by atoms with van der Waals surface area (Å²) in [7, 11) is 0. The van der Waals surface area contributed by atoms with Crippen molar-refractivity contribution in [3.8, 4) is 0 Å². The number of pyridine rings is 2. The minimum atomic E-state index is -0.741. The standard InChI is InChI=1S/C20H32BrN5O3.C18H31N5O2.C6H6BrNO4/c1-20(2,3)24-19(29)17-14-25(12-15-4-6-22-7-5-15)8-9-26(17)13-16(27)11-23-18(28)10-21;1-18(2,3)21-17(25)16-13-22(11-14-4-6-20-7-5-14)8-9-23(16)12-15(24)10-19;7-3-6(11)12-8-4(9)1-2-5(8)10/h4-7,16-17,27H,8-14H2,1-3H3,(H,23,28)(H,24,29);4-7,15-16,24H,8-13,19H2,1-3H3,(H,21,25);1-3H2/t16?,17-;15?,16-;/m00./s1. The maximum atomic E-state index is 13.0. The SMILES string of the molecule is CC(C)(C)NC(=O)[C@@H]1CN(Cc2ccncc2)CCN1CC(O)CN.CC(C)(C)NC(=O)[C@@H]1CN(Cc2ccncc2)CCN1CC(O)CNC(=O)CBr.O=C(CBr)ON1C(=O)CCC1=O. The second-order valence-electron chi connectivity index (χ2n) is 18.3. The zero-order valence-electron chi connectivity index (χ0n) is 39.0. The van der Waals surface area contributed by atoms with Crippen LogP contribution in [0.15, 0.2) is 49.1 Å². The predicted octanol–water partition coefficient (Wildman–Crippen LogP) is 0.145. The normalized spacial score (nSPS) is 19.7. The van der Waals surface area contributed by atoms with E-state index in [4.69, 9.17) is 5.73 Å². The molecule has 2 aromatic heterocycles. The first-order valence-corrected chi connectivity index (χ1v) is 24.2. The average molecular weight is 1060 g/mol. The molecule has 7 N–H and O–H groups in total. The van der Waals surface area contributed by atoms with Crippen LogP contribution in [0.5, 0.6) is 0 Å². The van der Waals surface area contributed by atoms with Crippen molar-refractivity contribution in [2.75, 3.05) is 76.1 Å². The maximum absolute atomic E-state index is 13.0. The van der Waals surface area contributed by atoms with Gasteiger partial charge in [-0.25, -0.2) is 4.79 Å². The highest BCUT2D eigenvalue weighted by atomic mass is 79.9. The summed E-state index contributed by atoms with van der Waals surface area (Å²) in [5.74, 6) is -1.81. The largest absolute Gasteiger partial charge is 0.390 e. The number of hydroxylamine groups is 2. The third-order valence-electron chi connectivity index (χ3n) is 10.2. The Hall–Kier alpha value is -4.00.